The summed E-state index contributed by atoms with van der Waals surface area (Å²) < 4.78 is 0. The van der Waals surface area contributed by atoms with E-state index in [1.54, 1.807) is 0 Å². The van der Waals surface area contributed by atoms with Crippen molar-refractivity contribution in [1.82, 2.24) is 0 Å². The first-order valence-electron chi connectivity index (χ1n) is 3.10. The molecule has 12 N–H and O–H groups in total. The van der Waals surface area contributed by atoms with E-state index in [1.807, 2.05) is 0 Å². The molecular formula is H14B4K2O12. The summed E-state index contributed by atoms with van der Waals surface area (Å²) in [5.41, 5.74) is 0. The second-order valence-electron chi connectivity index (χ2n) is 1.39. The predicted molar refractivity (Wildman–Crippen MR) is 63.9 cm³/mol. The molecule has 18 heavy (non-hydrogen) atoms. The van der Waals surface area contributed by atoms with Gasteiger partial charge < -0.3 is 60.3 Å². The molecule has 0 aromatic carbocycles. The van der Waals surface area contributed by atoms with Crippen LogP contribution in [0.4, 0.5) is 0 Å². The van der Waals surface area contributed by atoms with E-state index in [0.717, 1.165) is 0 Å². The second kappa shape index (κ2) is 32.1. The third-order valence-corrected chi connectivity index (χ3v) is 0. The minimum absolute atomic E-state index is 0. The zero-order valence-corrected chi connectivity index (χ0v) is 7.68. The van der Waals surface area contributed by atoms with E-state index in [0.29, 0.717) is 0 Å². The van der Waals surface area contributed by atoms with Crippen LogP contribution < -0.4 is 0 Å². The van der Waals surface area contributed by atoms with Crippen molar-refractivity contribution < 1.29 is 60.3 Å². The second-order valence-corrected chi connectivity index (χ2v) is 1.39. The molecule has 0 amide bonds. The van der Waals surface area contributed by atoms with Gasteiger partial charge in [-0.15, -0.1) is 0 Å². The Bertz CT molecular complexity index is 65.1. The van der Waals surface area contributed by atoms with Crippen molar-refractivity contribution in [2.24, 2.45) is 0 Å². The van der Waals surface area contributed by atoms with Crippen molar-refractivity contribution in [2.75, 3.05) is 0 Å². The van der Waals surface area contributed by atoms with Gasteiger partial charge in [-0.05, 0) is 0 Å². The Balaban J connectivity index is -0.0000000257. The van der Waals surface area contributed by atoms with Gasteiger partial charge in [0, 0.05) is 0 Å². The fourth-order valence-corrected chi connectivity index (χ4v) is 0. The molecule has 0 aliphatic heterocycles. The molecule has 100 valence electrons. The van der Waals surface area contributed by atoms with E-state index >= 15 is 0 Å². The fourth-order valence-electron chi connectivity index (χ4n) is 0. The molecule has 0 aliphatic carbocycles. The van der Waals surface area contributed by atoms with Crippen molar-refractivity contribution in [1.29, 1.82) is 0 Å². The molecule has 0 heterocycles. The van der Waals surface area contributed by atoms with Gasteiger partial charge in [-0.1, -0.05) is 0 Å². The van der Waals surface area contributed by atoms with Crippen LogP contribution in [0.3, 0.4) is 0 Å². The molecule has 0 radical (unpaired) electrons. The quantitative estimate of drug-likeness (QED) is 0.185. The first-order valence-corrected chi connectivity index (χ1v) is 3.10. The van der Waals surface area contributed by atoms with Crippen LogP contribution in [0, 0.1) is 0 Å². The molecule has 0 bridgehead atoms. The molecule has 0 aliphatic rings. The van der Waals surface area contributed by atoms with Crippen LogP contribution in [0.1, 0.15) is 0 Å². The molecule has 0 aromatic rings. The third kappa shape index (κ3) is 666. The predicted octanol–water partition coefficient (Wildman–Crippen LogP) is -9.50. The van der Waals surface area contributed by atoms with E-state index in [2.05, 4.69) is 0 Å². The van der Waals surface area contributed by atoms with Gasteiger partial charge in [0.05, 0.1) is 0 Å². The van der Waals surface area contributed by atoms with Gasteiger partial charge in [-0.2, -0.15) is 0 Å². The van der Waals surface area contributed by atoms with Gasteiger partial charge in [-0.25, -0.2) is 0 Å². The topological polar surface area (TPSA) is 243 Å². The average Bonchev–Trinajstić information content (AvgIpc) is 1.76. The number of hydrogen-bond donors (Lipinski definition) is 12. The van der Waals surface area contributed by atoms with Gasteiger partial charge >= 0.3 is 132 Å². The molecule has 0 saturated carbocycles. The molecule has 0 fully saturated rings. The minimum atomic E-state index is -2.17. The SMILES string of the molecule is OB(O)O.OB(O)O.OB(O)O.OB(O)O.[KH].[KH]. The summed E-state index contributed by atoms with van der Waals surface area (Å²) in [6, 6.07) is 0. The Kier molecular flexibility index (Phi) is 66.7. The third-order valence-electron chi connectivity index (χ3n) is 0. The number of hydrogen-bond acceptors (Lipinski definition) is 12. The van der Waals surface area contributed by atoms with E-state index in [-0.39, 0.29) is 103 Å². The van der Waals surface area contributed by atoms with E-state index in [4.69, 9.17) is 60.3 Å². The molecule has 0 unspecified atom stereocenters. The summed E-state index contributed by atoms with van der Waals surface area (Å²) in [4.78, 5) is 0. The van der Waals surface area contributed by atoms with Gasteiger partial charge in [0.2, 0.25) is 0 Å². The van der Waals surface area contributed by atoms with Gasteiger partial charge in [-0.3, -0.25) is 0 Å². The number of rotatable bonds is 0. The zero-order valence-electron chi connectivity index (χ0n) is 7.68. The summed E-state index contributed by atoms with van der Waals surface area (Å²) in [5, 5.41) is 86.0. The average molecular weight is 328 g/mol. The van der Waals surface area contributed by atoms with Gasteiger partial charge in [0.1, 0.15) is 0 Å². The van der Waals surface area contributed by atoms with E-state index < -0.39 is 29.3 Å². The Morgan fingerprint density at radius 1 is 0.278 bits per heavy atom. The van der Waals surface area contributed by atoms with E-state index in [9.17, 15) is 0 Å². The summed E-state index contributed by atoms with van der Waals surface area (Å²) in [7, 11) is -8.67. The molecule has 0 spiro atoms. The van der Waals surface area contributed by atoms with Crippen molar-refractivity contribution in [3.63, 3.8) is 0 Å². The Labute approximate surface area is 188 Å². The summed E-state index contributed by atoms with van der Waals surface area (Å²) in [6.07, 6.45) is 0. The van der Waals surface area contributed by atoms with Crippen LogP contribution in [0.15, 0.2) is 0 Å². The van der Waals surface area contributed by atoms with Crippen LogP contribution in [0.2, 0.25) is 0 Å². The van der Waals surface area contributed by atoms with E-state index in [1.165, 1.54) is 0 Å². The van der Waals surface area contributed by atoms with Gasteiger partial charge in [0.15, 0.2) is 0 Å². The normalized spacial score (nSPS) is 6.00. The van der Waals surface area contributed by atoms with Crippen LogP contribution in [-0.4, -0.2) is 192 Å². The van der Waals surface area contributed by atoms with Crippen LogP contribution >= 0.6 is 0 Å². The fraction of sp³-hybridized carbons (Fsp3) is 0. The first-order chi connectivity index (χ1) is 6.93. The van der Waals surface area contributed by atoms with Crippen molar-refractivity contribution in [3.05, 3.63) is 0 Å². The van der Waals surface area contributed by atoms with Crippen molar-refractivity contribution >= 4 is 132 Å². The maximum absolute atomic E-state index is 7.17. The molecule has 0 aromatic heterocycles. The standard InChI is InChI=1S/4BH3O3.2K.2H/c4*2-1(3)4;;;;/h4*2-4H;;;;. The molecule has 12 nitrogen and oxygen atoms in total. The van der Waals surface area contributed by atoms with Crippen LogP contribution in [-0.2, 0) is 0 Å². The van der Waals surface area contributed by atoms with Gasteiger partial charge in [0.25, 0.3) is 0 Å². The Morgan fingerprint density at radius 3 is 0.278 bits per heavy atom. The molecule has 0 atom stereocenters. The van der Waals surface area contributed by atoms with Crippen LogP contribution in [0.25, 0.3) is 0 Å². The van der Waals surface area contributed by atoms with Crippen molar-refractivity contribution in [2.45, 2.75) is 0 Å². The van der Waals surface area contributed by atoms with Crippen LogP contribution in [0.5, 0.6) is 0 Å². The summed E-state index contributed by atoms with van der Waals surface area (Å²) in [5.74, 6) is 0. The zero-order chi connectivity index (χ0) is 14.3. The van der Waals surface area contributed by atoms with Crippen molar-refractivity contribution in [3.8, 4) is 0 Å². The monoisotopic (exact) mass is 328 g/mol. The summed E-state index contributed by atoms with van der Waals surface area (Å²) in [6.45, 7) is 0. The maximum atomic E-state index is 7.17. The molecular weight excluding hydrogens is 313 g/mol. The molecule has 18 heteroatoms. The molecule has 0 rings (SSSR count). The Hall–Kier alpha value is 3.05. The summed E-state index contributed by atoms with van der Waals surface area (Å²) >= 11 is 0. The molecule has 0 saturated heterocycles. The Morgan fingerprint density at radius 2 is 0.278 bits per heavy atom. The first kappa shape index (κ1) is 37.4.